The second kappa shape index (κ2) is 12.6. The average Bonchev–Trinajstić information content (AvgIpc) is 2.48. The van der Waals surface area contributed by atoms with Crippen LogP contribution in [0, 0.1) is 0 Å². The monoisotopic (exact) mass is 266 g/mol. The molecular formula is C15H22O4. The lowest BCUT2D eigenvalue weighted by Crippen LogP contribution is -1.99. The molecule has 4 heteroatoms. The smallest absolute Gasteiger partial charge is 0.337 e. The molecule has 0 N–H and O–H groups in total. The molecule has 4 nitrogen and oxygen atoms in total. The maximum absolute atomic E-state index is 10.8. The van der Waals surface area contributed by atoms with Crippen molar-refractivity contribution in [1.29, 1.82) is 0 Å². The Morgan fingerprint density at radius 3 is 2.37 bits per heavy atom. The standard InChI is InChI=1S/C8H8O2.C7H14O2/c1-10-8(9)7-5-3-2-4-6-7;1-2-3-4-5-6-9-7-8/h2-6H,1H3;7H,2-6H2,1H3. The van der Waals surface area contributed by atoms with E-state index in [4.69, 9.17) is 0 Å². The SMILES string of the molecule is CCCCCCOC=O.COC(=O)c1ccccc1. The molecular weight excluding hydrogens is 244 g/mol. The second-order valence-corrected chi connectivity index (χ2v) is 3.89. The number of carbonyl (C=O) groups excluding carboxylic acids is 2. The van der Waals surface area contributed by atoms with Crippen molar-refractivity contribution < 1.29 is 19.1 Å². The van der Waals surface area contributed by atoms with E-state index in [1.165, 1.54) is 26.4 Å². The second-order valence-electron chi connectivity index (χ2n) is 3.89. The van der Waals surface area contributed by atoms with Gasteiger partial charge >= 0.3 is 5.97 Å². The number of benzene rings is 1. The first-order valence-corrected chi connectivity index (χ1v) is 6.44. The van der Waals surface area contributed by atoms with Crippen LogP contribution >= 0.6 is 0 Å². The van der Waals surface area contributed by atoms with Gasteiger partial charge < -0.3 is 9.47 Å². The van der Waals surface area contributed by atoms with E-state index in [1.54, 1.807) is 24.3 Å². The summed E-state index contributed by atoms with van der Waals surface area (Å²) in [5.41, 5.74) is 0.588. The Morgan fingerprint density at radius 2 is 1.84 bits per heavy atom. The van der Waals surface area contributed by atoms with E-state index in [1.807, 2.05) is 6.07 Å². The quantitative estimate of drug-likeness (QED) is 0.432. The van der Waals surface area contributed by atoms with Gasteiger partial charge in [-0.25, -0.2) is 4.79 Å². The Morgan fingerprint density at radius 1 is 1.16 bits per heavy atom. The molecule has 0 heterocycles. The minimum Gasteiger partial charge on any atom is -0.468 e. The molecule has 1 aromatic carbocycles. The Hall–Kier alpha value is -1.84. The fraction of sp³-hybridized carbons (Fsp3) is 0.467. The van der Waals surface area contributed by atoms with E-state index in [0.717, 1.165) is 6.42 Å². The highest BCUT2D eigenvalue weighted by Gasteiger charge is 2.00. The minimum absolute atomic E-state index is 0.291. The maximum Gasteiger partial charge on any atom is 0.337 e. The van der Waals surface area contributed by atoms with Crippen LogP contribution in [0.3, 0.4) is 0 Å². The number of hydrogen-bond acceptors (Lipinski definition) is 4. The van der Waals surface area contributed by atoms with Gasteiger partial charge in [0.05, 0.1) is 19.3 Å². The highest BCUT2D eigenvalue weighted by molar-refractivity contribution is 5.89. The summed E-state index contributed by atoms with van der Waals surface area (Å²) in [6.07, 6.45) is 4.64. The molecule has 0 aliphatic rings. The van der Waals surface area contributed by atoms with Crippen molar-refractivity contribution in [2.45, 2.75) is 32.6 Å². The molecule has 0 bridgehead atoms. The summed E-state index contributed by atoms with van der Waals surface area (Å²) in [4.78, 5) is 20.4. The van der Waals surface area contributed by atoms with Crippen LogP contribution < -0.4 is 0 Å². The fourth-order valence-electron chi connectivity index (χ4n) is 1.35. The molecule has 0 fully saturated rings. The van der Waals surface area contributed by atoms with Crippen LogP contribution in [0.25, 0.3) is 0 Å². The zero-order valence-electron chi connectivity index (χ0n) is 11.6. The van der Waals surface area contributed by atoms with Crippen molar-refractivity contribution in [1.82, 2.24) is 0 Å². The highest BCUT2D eigenvalue weighted by Crippen LogP contribution is 1.99. The molecule has 0 aromatic heterocycles. The number of methoxy groups -OCH3 is 1. The molecule has 0 amide bonds. The maximum atomic E-state index is 10.8. The molecule has 0 aliphatic heterocycles. The van der Waals surface area contributed by atoms with Crippen molar-refractivity contribution in [3.8, 4) is 0 Å². The van der Waals surface area contributed by atoms with Crippen LogP contribution in [0.1, 0.15) is 43.0 Å². The minimum atomic E-state index is -0.291. The molecule has 0 saturated carbocycles. The normalized spacial score (nSPS) is 8.95. The van der Waals surface area contributed by atoms with E-state index in [0.29, 0.717) is 18.6 Å². The van der Waals surface area contributed by atoms with Crippen molar-refractivity contribution in [2.75, 3.05) is 13.7 Å². The average molecular weight is 266 g/mol. The van der Waals surface area contributed by atoms with Crippen LogP contribution in [0.2, 0.25) is 0 Å². The fourth-order valence-corrected chi connectivity index (χ4v) is 1.35. The molecule has 0 unspecified atom stereocenters. The first-order valence-electron chi connectivity index (χ1n) is 6.44. The van der Waals surface area contributed by atoms with Crippen LogP contribution in [-0.4, -0.2) is 26.2 Å². The number of unbranched alkanes of at least 4 members (excludes halogenated alkanes) is 3. The summed E-state index contributed by atoms with van der Waals surface area (Å²) in [5.74, 6) is -0.291. The predicted molar refractivity (Wildman–Crippen MR) is 73.9 cm³/mol. The number of ether oxygens (including phenoxy) is 2. The van der Waals surface area contributed by atoms with Gasteiger partial charge in [0.1, 0.15) is 0 Å². The van der Waals surface area contributed by atoms with Gasteiger partial charge in [-0.3, -0.25) is 4.79 Å². The zero-order valence-corrected chi connectivity index (χ0v) is 11.6. The molecule has 19 heavy (non-hydrogen) atoms. The van der Waals surface area contributed by atoms with Crippen molar-refractivity contribution in [3.05, 3.63) is 35.9 Å². The third-order valence-corrected chi connectivity index (χ3v) is 2.38. The third-order valence-electron chi connectivity index (χ3n) is 2.38. The number of esters is 1. The topological polar surface area (TPSA) is 52.6 Å². The summed E-state index contributed by atoms with van der Waals surface area (Å²) in [7, 11) is 1.37. The molecule has 106 valence electrons. The lowest BCUT2D eigenvalue weighted by molar-refractivity contribution is -0.128. The summed E-state index contributed by atoms with van der Waals surface area (Å²) in [5, 5.41) is 0. The molecule has 0 spiro atoms. The molecule has 0 radical (unpaired) electrons. The van der Waals surface area contributed by atoms with Crippen LogP contribution in [0.5, 0.6) is 0 Å². The van der Waals surface area contributed by atoms with Gasteiger partial charge in [-0.2, -0.15) is 0 Å². The van der Waals surface area contributed by atoms with Gasteiger partial charge in [-0.05, 0) is 18.6 Å². The lowest BCUT2D eigenvalue weighted by atomic mass is 10.2. The summed E-state index contributed by atoms with van der Waals surface area (Å²) < 4.78 is 9.00. The first-order chi connectivity index (χ1) is 9.26. The van der Waals surface area contributed by atoms with Gasteiger partial charge in [0.15, 0.2) is 0 Å². The number of rotatable bonds is 7. The Balaban J connectivity index is 0.000000344. The van der Waals surface area contributed by atoms with Crippen LogP contribution in [0.4, 0.5) is 0 Å². The molecule has 0 saturated heterocycles. The number of hydrogen-bond donors (Lipinski definition) is 0. The Labute approximate surface area is 114 Å². The first kappa shape index (κ1) is 17.2. The molecule has 0 atom stereocenters. The van der Waals surface area contributed by atoms with E-state index in [-0.39, 0.29) is 5.97 Å². The van der Waals surface area contributed by atoms with Gasteiger partial charge in [-0.15, -0.1) is 0 Å². The van der Waals surface area contributed by atoms with E-state index in [2.05, 4.69) is 16.4 Å². The van der Waals surface area contributed by atoms with Crippen molar-refractivity contribution in [3.63, 3.8) is 0 Å². The molecule has 0 aliphatic carbocycles. The van der Waals surface area contributed by atoms with Gasteiger partial charge in [0.2, 0.25) is 0 Å². The molecule has 1 aromatic rings. The van der Waals surface area contributed by atoms with Crippen molar-refractivity contribution >= 4 is 12.4 Å². The van der Waals surface area contributed by atoms with Gasteiger partial charge in [0.25, 0.3) is 6.47 Å². The predicted octanol–water partition coefficient (Wildman–Crippen LogP) is 3.21. The van der Waals surface area contributed by atoms with Crippen LogP contribution in [0.15, 0.2) is 30.3 Å². The Kier molecular flexibility index (Phi) is 11.4. The Bertz CT molecular complexity index is 335. The summed E-state index contributed by atoms with van der Waals surface area (Å²) in [6.45, 7) is 3.25. The van der Waals surface area contributed by atoms with Gasteiger partial charge in [-0.1, -0.05) is 44.4 Å². The molecule has 1 rings (SSSR count). The number of carbonyl (C=O) groups is 2. The largest absolute Gasteiger partial charge is 0.468 e. The van der Waals surface area contributed by atoms with E-state index >= 15 is 0 Å². The van der Waals surface area contributed by atoms with Crippen molar-refractivity contribution in [2.24, 2.45) is 0 Å². The van der Waals surface area contributed by atoms with E-state index < -0.39 is 0 Å². The summed E-state index contributed by atoms with van der Waals surface area (Å²) >= 11 is 0. The highest BCUT2D eigenvalue weighted by atomic mass is 16.5. The lowest BCUT2D eigenvalue weighted by Gasteiger charge is -1.95. The summed E-state index contributed by atoms with van der Waals surface area (Å²) in [6, 6.07) is 8.88. The van der Waals surface area contributed by atoms with E-state index in [9.17, 15) is 9.59 Å². The zero-order chi connectivity index (χ0) is 14.3. The van der Waals surface area contributed by atoms with Crippen LogP contribution in [-0.2, 0) is 14.3 Å². The third kappa shape index (κ3) is 9.83. The van der Waals surface area contributed by atoms with Gasteiger partial charge in [0, 0.05) is 0 Å².